The van der Waals surface area contributed by atoms with Crippen LogP contribution < -0.4 is 15.0 Å². The monoisotopic (exact) mass is 954 g/mol. The first-order valence-electron chi connectivity index (χ1n) is 25.3. The fourth-order valence-electron chi connectivity index (χ4n) is 12.0. The molecule has 6 aliphatic rings. The van der Waals surface area contributed by atoms with Crippen molar-refractivity contribution in [3.63, 3.8) is 0 Å². The number of likely N-dealkylation sites (tertiary alicyclic amines) is 2. The number of hydrogen-bond donors (Lipinski definition) is 2. The third-order valence-corrected chi connectivity index (χ3v) is 16.1. The first-order valence-corrected chi connectivity index (χ1v) is 25.3. The molecule has 5 aliphatic heterocycles. The molecule has 16 heteroatoms. The van der Waals surface area contributed by atoms with Gasteiger partial charge in [0.25, 0.3) is 11.8 Å². The summed E-state index contributed by atoms with van der Waals surface area (Å²) in [5.41, 5.74) is 2.47. The zero-order valence-electron chi connectivity index (χ0n) is 39.9. The number of rotatable bonds is 12. The maximum absolute atomic E-state index is 17.1. The maximum Gasteiger partial charge on any atom is 0.319 e. The van der Waals surface area contributed by atoms with Crippen molar-refractivity contribution in [3.8, 4) is 23.0 Å². The number of hydrogen-bond acceptors (Lipinski definition) is 12. The minimum Gasteiger partial charge on any atom is -0.508 e. The number of halogens is 2. The molecule has 4 amide bonds. The molecule has 70 heavy (non-hydrogen) atoms. The summed E-state index contributed by atoms with van der Waals surface area (Å²) in [6.45, 7) is 11.9. The lowest BCUT2D eigenvalue weighted by molar-refractivity contribution is -0.136. The lowest BCUT2D eigenvalue weighted by Crippen LogP contribution is -2.54. The van der Waals surface area contributed by atoms with Crippen LogP contribution in [0.2, 0.25) is 0 Å². The van der Waals surface area contributed by atoms with E-state index in [1.807, 2.05) is 19.1 Å². The number of imide groups is 2. The number of phenols is 1. The van der Waals surface area contributed by atoms with Gasteiger partial charge in [0.1, 0.15) is 34.6 Å². The van der Waals surface area contributed by atoms with E-state index < -0.39 is 41.3 Å². The highest BCUT2D eigenvalue weighted by Gasteiger charge is 2.47. The van der Waals surface area contributed by atoms with Gasteiger partial charge in [-0.2, -0.15) is 9.97 Å². The molecule has 0 radical (unpaired) electrons. The Morgan fingerprint density at radius 1 is 0.857 bits per heavy atom. The maximum atomic E-state index is 17.1. The van der Waals surface area contributed by atoms with Gasteiger partial charge in [0.15, 0.2) is 5.82 Å². The molecule has 11 rings (SSSR count). The Kier molecular flexibility index (Phi) is 12.3. The van der Waals surface area contributed by atoms with Crippen LogP contribution in [0.15, 0.2) is 48.7 Å². The van der Waals surface area contributed by atoms with Crippen LogP contribution in [0.25, 0.3) is 32.9 Å². The topological polar surface area (TPSA) is 161 Å². The van der Waals surface area contributed by atoms with Gasteiger partial charge >= 0.3 is 6.01 Å². The average molecular weight is 955 g/mol. The number of piperidine rings is 4. The van der Waals surface area contributed by atoms with Crippen molar-refractivity contribution in [2.75, 3.05) is 63.9 Å². The van der Waals surface area contributed by atoms with Crippen LogP contribution in [0.1, 0.15) is 116 Å². The summed E-state index contributed by atoms with van der Waals surface area (Å²) in [6, 6.07) is 10.6. The molecule has 14 nitrogen and oxygen atoms in total. The second kappa shape index (κ2) is 18.6. The second-order valence-electron chi connectivity index (χ2n) is 21.0. The minimum atomic E-state index is -0.972. The molecule has 5 fully saturated rings. The quantitative estimate of drug-likeness (QED) is 0.117. The Labute approximate surface area is 405 Å². The lowest BCUT2D eigenvalue weighted by Gasteiger charge is -2.38. The highest BCUT2D eigenvalue weighted by Crippen LogP contribution is 2.47. The number of phenolic OH excluding ortho intramolecular Hbond substituents is 1. The van der Waals surface area contributed by atoms with E-state index in [0.717, 1.165) is 114 Å². The number of aromatic nitrogens is 3. The molecule has 2 N–H and O–H groups in total. The third-order valence-electron chi connectivity index (χ3n) is 16.1. The number of aryl methyl sites for hydroxylation is 1. The van der Waals surface area contributed by atoms with E-state index in [9.17, 15) is 24.3 Å². The molecule has 3 aromatic carbocycles. The Hall–Kier alpha value is -6.13. The number of benzene rings is 3. The zero-order chi connectivity index (χ0) is 48.4. The molecular weight excluding hydrogens is 895 g/mol. The molecule has 1 aliphatic carbocycles. The number of aromatic hydroxyl groups is 1. The molecule has 2 aromatic heterocycles. The third kappa shape index (κ3) is 8.75. The summed E-state index contributed by atoms with van der Waals surface area (Å²) in [4.78, 5) is 73.5. The van der Waals surface area contributed by atoms with E-state index in [4.69, 9.17) is 14.7 Å². The number of fused-ring (bicyclic) bond motifs is 3. The number of nitrogens with one attached hydrogen (secondary N) is 1. The van der Waals surface area contributed by atoms with Crippen molar-refractivity contribution in [2.45, 2.75) is 96.4 Å². The van der Waals surface area contributed by atoms with Gasteiger partial charge in [0.2, 0.25) is 11.8 Å². The smallest absolute Gasteiger partial charge is 0.319 e. The van der Waals surface area contributed by atoms with Gasteiger partial charge in [-0.25, -0.2) is 8.78 Å². The summed E-state index contributed by atoms with van der Waals surface area (Å²) >= 11 is 0. The van der Waals surface area contributed by atoms with Crippen molar-refractivity contribution in [1.82, 2.24) is 35.0 Å². The predicted molar refractivity (Wildman–Crippen MR) is 260 cm³/mol. The molecule has 366 valence electrons. The fourth-order valence-corrected chi connectivity index (χ4v) is 12.0. The number of carbonyl (C=O) groups is 4. The van der Waals surface area contributed by atoms with Crippen molar-refractivity contribution in [1.29, 1.82) is 0 Å². The van der Waals surface area contributed by atoms with Crippen molar-refractivity contribution in [3.05, 3.63) is 82.5 Å². The largest absolute Gasteiger partial charge is 0.508 e. The number of pyridine rings is 1. The number of nitrogens with zero attached hydrogens (tertiary/aromatic N) is 7. The van der Waals surface area contributed by atoms with Gasteiger partial charge < -0.3 is 24.5 Å². The van der Waals surface area contributed by atoms with E-state index in [0.29, 0.717) is 69.1 Å². The number of anilines is 1. The normalized spacial score (nSPS) is 22.6. The first-order chi connectivity index (χ1) is 33.8. The molecule has 7 heterocycles. The fraction of sp³-hybridized carbons (Fsp3) is 0.500. The van der Waals surface area contributed by atoms with Crippen LogP contribution in [0.3, 0.4) is 0 Å². The molecule has 5 aromatic rings. The van der Waals surface area contributed by atoms with Crippen molar-refractivity contribution in [2.24, 2.45) is 17.3 Å². The van der Waals surface area contributed by atoms with E-state index in [-0.39, 0.29) is 47.1 Å². The number of ether oxygens (including phenoxy) is 1. The van der Waals surface area contributed by atoms with Crippen molar-refractivity contribution < 1.29 is 37.8 Å². The first kappa shape index (κ1) is 46.3. The van der Waals surface area contributed by atoms with Crippen LogP contribution in [0.5, 0.6) is 11.8 Å². The minimum absolute atomic E-state index is 0.0148. The summed E-state index contributed by atoms with van der Waals surface area (Å²) < 4.78 is 38.8. The molecule has 2 atom stereocenters. The van der Waals surface area contributed by atoms with E-state index >= 15 is 8.78 Å². The van der Waals surface area contributed by atoms with Gasteiger partial charge in [-0.1, -0.05) is 26.0 Å². The van der Waals surface area contributed by atoms with E-state index in [1.54, 1.807) is 24.4 Å². The zero-order valence-corrected chi connectivity index (χ0v) is 39.9. The molecule has 1 unspecified atom stereocenters. The van der Waals surface area contributed by atoms with Crippen LogP contribution in [-0.2, 0) is 16.0 Å². The van der Waals surface area contributed by atoms with Gasteiger partial charge in [-0.3, -0.25) is 34.4 Å². The summed E-state index contributed by atoms with van der Waals surface area (Å²) in [5.74, 6) is -1.17. The van der Waals surface area contributed by atoms with Crippen LogP contribution in [-0.4, -0.2) is 123 Å². The molecule has 1 saturated carbocycles. The Bertz CT molecular complexity index is 2930. The van der Waals surface area contributed by atoms with E-state index in [2.05, 4.69) is 31.9 Å². The lowest BCUT2D eigenvalue weighted by atomic mass is 9.87. The average Bonchev–Trinajstić information content (AvgIpc) is 4.08. The van der Waals surface area contributed by atoms with Gasteiger partial charge in [-0.05, 0) is 160 Å². The second-order valence-corrected chi connectivity index (χ2v) is 21.0. The number of carbonyl (C=O) groups excluding carboxylic acids is 4. The highest BCUT2D eigenvalue weighted by atomic mass is 19.1. The SMILES string of the molecule is CCc1c(F)ccc2cc(O)cc(-c3ncc4c(N5CCC[C@H](C)C5)nc(OCC5(CN6CCC(CN7CCC(c8ccc9c(c8)C(=O)N(C8CCC(=O)NC8=O)C9=O)CC7)CC6)CC5)nc4c3F)c12. The summed E-state index contributed by atoms with van der Waals surface area (Å²) in [6.07, 6.45) is 10.5. The van der Waals surface area contributed by atoms with E-state index in [1.165, 1.54) is 12.1 Å². The van der Waals surface area contributed by atoms with Gasteiger partial charge in [-0.15, -0.1) is 0 Å². The standard InChI is InChI=1S/C54H60F2N8O6/c1-3-37-42(55)9-7-35-23-36(65)25-40(45(35)37)47-46(56)48-41(26-57-47)49(63-18-4-5-31(2)27-63)60-53(59-48)70-30-54(16-17-54)29-62-19-12-32(13-20-62)28-61-21-14-33(15-22-61)34-6-8-38-39(24-34)52(69)64(51(38)68)43-10-11-44(66)58-50(43)67/h6-9,23-26,31-33,43,65H,3-5,10-22,27-30H2,1-2H3,(H,58,66,67)/t31-,43?/m0/s1. The number of amides is 4. The Balaban J connectivity index is 0.719. The van der Waals surface area contributed by atoms with Crippen LogP contribution >= 0.6 is 0 Å². The molecule has 0 spiro atoms. The van der Waals surface area contributed by atoms with Crippen LogP contribution in [0, 0.1) is 28.9 Å². The Morgan fingerprint density at radius 3 is 2.37 bits per heavy atom. The van der Waals surface area contributed by atoms with Crippen molar-refractivity contribution >= 4 is 51.1 Å². The summed E-state index contributed by atoms with van der Waals surface area (Å²) in [5, 5.41) is 14.6. The molecular formula is C54H60F2N8O6. The van der Waals surface area contributed by atoms with Gasteiger partial charge in [0, 0.05) is 49.8 Å². The predicted octanol–water partition coefficient (Wildman–Crippen LogP) is 7.78. The van der Waals surface area contributed by atoms with Crippen LogP contribution in [0.4, 0.5) is 14.6 Å². The molecule has 0 bridgehead atoms. The highest BCUT2D eigenvalue weighted by molar-refractivity contribution is 6.23. The van der Waals surface area contributed by atoms with Gasteiger partial charge in [0.05, 0.1) is 23.1 Å². The summed E-state index contributed by atoms with van der Waals surface area (Å²) in [7, 11) is 0. The Morgan fingerprint density at radius 2 is 1.63 bits per heavy atom. The molecule has 4 saturated heterocycles.